The summed E-state index contributed by atoms with van der Waals surface area (Å²) in [5.74, 6) is -1.67. The van der Waals surface area contributed by atoms with Crippen molar-refractivity contribution in [2.24, 2.45) is 17.3 Å². The molecule has 8 heteroatoms. The van der Waals surface area contributed by atoms with Crippen LogP contribution in [-0.4, -0.2) is 57.0 Å². The number of Topliss-reactive ketones (excluding diaryl/α,β-unsaturated/α-hetero) is 1. The minimum atomic E-state index is -1.26. The molecule has 2 saturated heterocycles. The number of aromatic nitrogens is 1. The first-order valence-corrected chi connectivity index (χ1v) is 14.2. The molecule has 0 amide bonds. The summed E-state index contributed by atoms with van der Waals surface area (Å²) >= 11 is 1.56. The van der Waals surface area contributed by atoms with Crippen LogP contribution in [0.15, 0.2) is 23.6 Å². The number of ether oxygens (including phenoxy) is 2. The number of hydrogen-bond acceptors (Lipinski definition) is 8. The van der Waals surface area contributed by atoms with Crippen molar-refractivity contribution < 1.29 is 29.3 Å². The number of hydrogen-bond donors (Lipinski definition) is 2. The number of aliphatic hydroxyl groups is 2. The summed E-state index contributed by atoms with van der Waals surface area (Å²) in [5.41, 5.74) is 0.101. The molecule has 0 saturated carbocycles. The predicted molar refractivity (Wildman–Crippen MR) is 145 cm³/mol. The SMILES string of the molecule is C=CC[C@H]1C(=O)C(C)(C)[C@H](O)CC(=O)O[C@H](/C(C)=C/c2csc(C)n2)C[C@H]2O[C@@]2(C)CCC[C@H](C)[C@@H]1O. The quantitative estimate of drug-likeness (QED) is 0.317. The summed E-state index contributed by atoms with van der Waals surface area (Å²) in [6.07, 6.45) is 3.71. The fourth-order valence-electron chi connectivity index (χ4n) is 5.29. The Kier molecular flexibility index (Phi) is 9.54. The molecule has 37 heavy (non-hydrogen) atoms. The van der Waals surface area contributed by atoms with E-state index in [1.807, 2.05) is 32.2 Å². The van der Waals surface area contributed by atoms with Crippen LogP contribution in [-0.2, 0) is 19.1 Å². The second-order valence-corrected chi connectivity index (χ2v) is 12.7. The lowest BCUT2D eigenvalue weighted by atomic mass is 9.71. The molecule has 3 heterocycles. The van der Waals surface area contributed by atoms with E-state index in [9.17, 15) is 19.8 Å². The zero-order valence-electron chi connectivity index (χ0n) is 23.0. The maximum absolute atomic E-state index is 13.6. The largest absolute Gasteiger partial charge is 0.458 e. The molecule has 206 valence electrons. The first kappa shape index (κ1) is 29.7. The Bertz CT molecular complexity index is 1020. The van der Waals surface area contributed by atoms with Crippen LogP contribution in [0.4, 0.5) is 0 Å². The van der Waals surface area contributed by atoms with Gasteiger partial charge in [0.15, 0.2) is 0 Å². The number of carbonyl (C=O) groups excluding carboxylic acids is 2. The summed E-state index contributed by atoms with van der Waals surface area (Å²) in [5, 5.41) is 25.0. The summed E-state index contributed by atoms with van der Waals surface area (Å²) in [6, 6.07) is 0. The van der Waals surface area contributed by atoms with Crippen LogP contribution >= 0.6 is 11.3 Å². The Hall–Kier alpha value is -1.87. The van der Waals surface area contributed by atoms with Crippen molar-refractivity contribution in [3.8, 4) is 0 Å². The lowest BCUT2D eigenvalue weighted by molar-refractivity contribution is -0.154. The molecule has 0 radical (unpaired) electrons. The number of cyclic esters (lactones) is 1. The Morgan fingerprint density at radius 3 is 2.62 bits per heavy atom. The first-order valence-electron chi connectivity index (χ1n) is 13.3. The maximum atomic E-state index is 13.6. The van der Waals surface area contributed by atoms with Gasteiger partial charge in [0.25, 0.3) is 0 Å². The summed E-state index contributed by atoms with van der Waals surface area (Å²) in [4.78, 5) is 31.1. The normalized spacial score (nSPS) is 35.9. The molecule has 7 atom stereocenters. The molecule has 1 aromatic heterocycles. The zero-order valence-corrected chi connectivity index (χ0v) is 23.8. The van der Waals surface area contributed by atoms with Gasteiger partial charge in [-0.2, -0.15) is 0 Å². The highest BCUT2D eigenvalue weighted by atomic mass is 32.1. The van der Waals surface area contributed by atoms with Gasteiger partial charge in [-0.05, 0) is 57.6 Å². The Morgan fingerprint density at radius 1 is 1.30 bits per heavy atom. The van der Waals surface area contributed by atoms with Crippen molar-refractivity contribution in [3.63, 3.8) is 0 Å². The Morgan fingerprint density at radius 2 is 2.00 bits per heavy atom. The van der Waals surface area contributed by atoms with Gasteiger partial charge < -0.3 is 19.7 Å². The molecule has 3 rings (SSSR count). The van der Waals surface area contributed by atoms with Crippen molar-refractivity contribution in [2.45, 2.75) is 110 Å². The van der Waals surface area contributed by atoms with Crippen molar-refractivity contribution >= 4 is 29.2 Å². The highest BCUT2D eigenvalue weighted by Crippen LogP contribution is 2.45. The second kappa shape index (κ2) is 11.9. The number of aryl methyl sites for hydroxylation is 1. The van der Waals surface area contributed by atoms with Gasteiger partial charge in [0, 0.05) is 17.7 Å². The molecule has 2 aliphatic heterocycles. The molecule has 7 nitrogen and oxygen atoms in total. The molecule has 2 N–H and O–H groups in total. The van der Waals surface area contributed by atoms with E-state index < -0.39 is 35.6 Å². The summed E-state index contributed by atoms with van der Waals surface area (Å²) < 4.78 is 12.0. The van der Waals surface area contributed by atoms with Crippen LogP contribution in [0.2, 0.25) is 0 Å². The van der Waals surface area contributed by atoms with Crippen LogP contribution in [0.5, 0.6) is 0 Å². The van der Waals surface area contributed by atoms with Gasteiger partial charge in [0.05, 0.1) is 46.5 Å². The molecule has 2 aliphatic rings. The average Bonchev–Trinajstić information content (AvgIpc) is 3.27. The number of rotatable bonds is 4. The number of aliphatic hydroxyl groups excluding tert-OH is 2. The van der Waals surface area contributed by atoms with Gasteiger partial charge >= 0.3 is 5.97 Å². The number of allylic oxidation sites excluding steroid dienone is 1. The number of epoxide rings is 1. The van der Waals surface area contributed by atoms with Gasteiger partial charge in [0.2, 0.25) is 0 Å². The van der Waals surface area contributed by atoms with Crippen molar-refractivity contribution in [3.05, 3.63) is 34.3 Å². The summed E-state index contributed by atoms with van der Waals surface area (Å²) in [6.45, 7) is 14.9. The topological polar surface area (TPSA) is 109 Å². The number of nitrogens with zero attached hydrogens (tertiary/aromatic N) is 1. The van der Waals surface area contributed by atoms with Crippen LogP contribution in [0.25, 0.3) is 6.08 Å². The molecular formula is C29H43NO6S. The van der Waals surface area contributed by atoms with E-state index in [0.29, 0.717) is 12.8 Å². The van der Waals surface area contributed by atoms with E-state index in [1.54, 1.807) is 31.3 Å². The number of ketones is 1. The van der Waals surface area contributed by atoms with Crippen molar-refractivity contribution in [2.75, 3.05) is 0 Å². The maximum Gasteiger partial charge on any atom is 0.309 e. The number of esters is 1. The third-order valence-electron chi connectivity index (χ3n) is 8.17. The third-order valence-corrected chi connectivity index (χ3v) is 8.96. The molecule has 2 fully saturated rings. The highest BCUT2D eigenvalue weighted by molar-refractivity contribution is 7.09. The molecular weight excluding hydrogens is 490 g/mol. The molecule has 0 aromatic carbocycles. The molecule has 0 spiro atoms. The van der Waals surface area contributed by atoms with Gasteiger partial charge in [-0.3, -0.25) is 9.59 Å². The lowest BCUT2D eigenvalue weighted by Gasteiger charge is -2.35. The third kappa shape index (κ3) is 7.16. The first-order chi connectivity index (χ1) is 17.3. The number of carbonyl (C=O) groups is 2. The van der Waals surface area contributed by atoms with Crippen LogP contribution in [0, 0.1) is 24.2 Å². The van der Waals surface area contributed by atoms with E-state index >= 15 is 0 Å². The Labute approximate surface area is 225 Å². The molecule has 0 bridgehead atoms. The van der Waals surface area contributed by atoms with E-state index in [1.165, 1.54) is 0 Å². The zero-order chi connectivity index (χ0) is 27.5. The van der Waals surface area contributed by atoms with Gasteiger partial charge in [-0.25, -0.2) is 4.98 Å². The van der Waals surface area contributed by atoms with E-state index in [-0.39, 0.29) is 29.8 Å². The van der Waals surface area contributed by atoms with Gasteiger partial charge in [-0.15, -0.1) is 17.9 Å². The monoisotopic (exact) mass is 533 g/mol. The van der Waals surface area contributed by atoms with Crippen molar-refractivity contribution in [1.29, 1.82) is 0 Å². The molecule has 0 aliphatic carbocycles. The minimum absolute atomic E-state index is 0.0598. The molecule has 0 unspecified atom stereocenters. The van der Waals surface area contributed by atoms with Crippen LogP contribution in [0.3, 0.4) is 0 Å². The predicted octanol–water partition coefficient (Wildman–Crippen LogP) is 5.03. The van der Waals surface area contributed by atoms with Crippen molar-refractivity contribution in [1.82, 2.24) is 4.98 Å². The van der Waals surface area contributed by atoms with E-state index in [0.717, 1.165) is 35.5 Å². The standard InChI is InChI=1S/C29H43NO6S/c1-8-10-21-26(33)17(2)11-9-12-29(7)24(36-29)14-22(18(3)13-20-16-37-19(4)30-20)35-25(32)15-23(31)28(5,6)27(21)34/h8,13,16-17,21-24,26,31,33H,1,9-12,14-15H2,2-7H3/b18-13+/t17-,21+,22-,23+,24+,26-,29-/m0/s1. The lowest BCUT2D eigenvalue weighted by Crippen LogP contribution is -2.46. The smallest absolute Gasteiger partial charge is 0.309 e. The van der Waals surface area contributed by atoms with Crippen LogP contribution in [0.1, 0.15) is 83.8 Å². The molecule has 1 aromatic rings. The highest BCUT2D eigenvalue weighted by Gasteiger charge is 2.53. The number of fused-ring (bicyclic) bond motifs is 1. The number of thiazole rings is 1. The van der Waals surface area contributed by atoms with E-state index in [2.05, 4.69) is 18.5 Å². The fraction of sp³-hybridized carbons (Fsp3) is 0.690. The van der Waals surface area contributed by atoms with Crippen LogP contribution < -0.4 is 0 Å². The van der Waals surface area contributed by atoms with Gasteiger partial charge in [0.1, 0.15) is 11.9 Å². The summed E-state index contributed by atoms with van der Waals surface area (Å²) in [7, 11) is 0. The van der Waals surface area contributed by atoms with E-state index in [4.69, 9.17) is 9.47 Å². The Balaban J connectivity index is 1.88. The average molecular weight is 534 g/mol. The second-order valence-electron chi connectivity index (χ2n) is 11.6. The minimum Gasteiger partial charge on any atom is -0.458 e. The fourth-order valence-corrected chi connectivity index (χ4v) is 5.86. The van der Waals surface area contributed by atoms with Gasteiger partial charge in [-0.1, -0.05) is 33.3 Å².